The van der Waals surface area contributed by atoms with Crippen molar-refractivity contribution in [2.45, 2.75) is 19.2 Å². The summed E-state index contributed by atoms with van der Waals surface area (Å²) in [6, 6.07) is 0. The predicted octanol–water partition coefficient (Wildman–Crippen LogP) is 1.78. The fourth-order valence-electron chi connectivity index (χ4n) is 0.277. The number of alkyl halides is 3. The molecule has 10 heavy (non-hydrogen) atoms. The van der Waals surface area contributed by atoms with Gasteiger partial charge in [0.25, 0.3) is 0 Å². The average molecular weight is 158 g/mol. The zero-order valence-electron chi connectivity index (χ0n) is 5.11. The largest absolute Gasteiger partial charge is 0.412 e. The van der Waals surface area contributed by atoms with E-state index in [-0.39, 0.29) is 0 Å². The quantitative estimate of drug-likeness (QED) is 0.576. The molecule has 0 bridgehead atoms. The van der Waals surface area contributed by atoms with Crippen LogP contribution < -0.4 is 0 Å². The van der Waals surface area contributed by atoms with Gasteiger partial charge in [0.2, 0.25) is 0 Å². The van der Waals surface area contributed by atoms with Gasteiger partial charge in [0, 0.05) is 0 Å². The van der Waals surface area contributed by atoms with Crippen LogP contribution in [0.5, 0.6) is 0 Å². The highest BCUT2D eigenvalue weighted by atomic mass is 19.4. The number of halogens is 4. The van der Waals surface area contributed by atoms with E-state index >= 15 is 0 Å². The first-order valence-electron chi connectivity index (χ1n) is 2.46. The zero-order chi connectivity index (χ0) is 8.36. The minimum Gasteiger partial charge on any atom is -0.386 e. The van der Waals surface area contributed by atoms with Crippen LogP contribution in [0.2, 0.25) is 0 Å². The van der Waals surface area contributed by atoms with Crippen LogP contribution in [-0.4, -0.2) is 17.4 Å². The molecule has 0 aromatic rings. The van der Waals surface area contributed by atoms with Gasteiger partial charge in [-0.3, -0.25) is 0 Å². The van der Waals surface area contributed by atoms with Gasteiger partial charge in [-0.25, -0.2) is 4.39 Å². The third-order valence-corrected chi connectivity index (χ3v) is 0.701. The molecule has 0 aliphatic rings. The second-order valence-corrected chi connectivity index (χ2v) is 1.75. The molecule has 1 atom stereocenters. The number of aliphatic hydroxyl groups is 1. The number of rotatable bonds is 1. The summed E-state index contributed by atoms with van der Waals surface area (Å²) in [6.07, 6.45) is -6.96. The lowest BCUT2D eigenvalue weighted by Gasteiger charge is -2.02. The Hall–Kier alpha value is -0.580. The summed E-state index contributed by atoms with van der Waals surface area (Å²) in [5.74, 6) is -1.58. The van der Waals surface area contributed by atoms with E-state index in [4.69, 9.17) is 5.11 Å². The van der Waals surface area contributed by atoms with Crippen molar-refractivity contribution in [3.05, 3.63) is 11.9 Å². The molecule has 0 fully saturated rings. The van der Waals surface area contributed by atoms with Crippen molar-refractivity contribution in [2.24, 2.45) is 0 Å². The first-order chi connectivity index (χ1) is 4.33. The van der Waals surface area contributed by atoms with Crippen LogP contribution in [0, 0.1) is 0 Å². The molecule has 0 aromatic carbocycles. The van der Waals surface area contributed by atoms with Gasteiger partial charge in [-0.15, -0.1) is 0 Å². The molecule has 0 radical (unpaired) electrons. The van der Waals surface area contributed by atoms with E-state index < -0.39 is 24.2 Å². The molecule has 60 valence electrons. The van der Waals surface area contributed by atoms with E-state index in [0.717, 1.165) is 6.92 Å². The van der Waals surface area contributed by atoms with Crippen LogP contribution in [0.15, 0.2) is 11.9 Å². The second-order valence-electron chi connectivity index (χ2n) is 1.75. The molecule has 0 aliphatic carbocycles. The lowest BCUT2D eigenvalue weighted by atomic mass is 10.3. The van der Waals surface area contributed by atoms with Crippen LogP contribution in [0.3, 0.4) is 0 Å². The molecule has 0 heterocycles. The van der Waals surface area contributed by atoms with Gasteiger partial charge in [0.05, 0.1) is 6.08 Å². The van der Waals surface area contributed by atoms with E-state index in [0.29, 0.717) is 0 Å². The topological polar surface area (TPSA) is 20.2 Å². The lowest BCUT2D eigenvalue weighted by molar-refractivity contribution is -0.0824. The highest BCUT2D eigenvalue weighted by molar-refractivity contribution is 5.00. The summed E-state index contributed by atoms with van der Waals surface area (Å²) in [5.41, 5.74) is 0. The molecule has 1 nitrogen and oxygen atoms in total. The predicted molar refractivity (Wildman–Crippen MR) is 26.9 cm³/mol. The third-order valence-electron chi connectivity index (χ3n) is 0.701. The smallest absolute Gasteiger partial charge is 0.386 e. The number of allylic oxidation sites excluding steroid dienone is 1. The van der Waals surface area contributed by atoms with Crippen LogP contribution in [0.4, 0.5) is 17.6 Å². The first-order valence-corrected chi connectivity index (χ1v) is 2.46. The van der Waals surface area contributed by atoms with Gasteiger partial charge in [0.1, 0.15) is 11.9 Å². The van der Waals surface area contributed by atoms with E-state index in [1.165, 1.54) is 0 Å². The third kappa shape index (κ3) is 4.31. The average Bonchev–Trinajstić information content (AvgIpc) is 1.60. The molecule has 0 spiro atoms. The standard InChI is InChI=1S/C5H6F4O/c1-3(10)4(6)2-5(7,8)9/h2-3,10H,1H3/b4-2-/t3-/m0/s1. The molecule has 0 aliphatic heterocycles. The Kier molecular flexibility index (Phi) is 2.83. The Balaban J connectivity index is 4.17. The Labute approximate surface area is 55.0 Å². The number of aliphatic hydroxyl groups excluding tert-OH is 1. The molecule has 0 saturated carbocycles. The van der Waals surface area contributed by atoms with Crippen molar-refractivity contribution in [2.75, 3.05) is 0 Å². The zero-order valence-corrected chi connectivity index (χ0v) is 5.11. The summed E-state index contributed by atoms with van der Waals surface area (Å²) in [4.78, 5) is 0. The second kappa shape index (κ2) is 3.01. The van der Waals surface area contributed by atoms with E-state index in [1.807, 2.05) is 0 Å². The Morgan fingerprint density at radius 3 is 2.00 bits per heavy atom. The summed E-state index contributed by atoms with van der Waals surface area (Å²) in [5, 5.41) is 8.24. The molecule has 0 amide bonds. The summed E-state index contributed by atoms with van der Waals surface area (Å²) >= 11 is 0. The maximum absolute atomic E-state index is 11.9. The maximum Gasteiger partial charge on any atom is 0.412 e. The van der Waals surface area contributed by atoms with Gasteiger partial charge in [-0.05, 0) is 6.92 Å². The fraction of sp³-hybridized carbons (Fsp3) is 0.600. The van der Waals surface area contributed by atoms with E-state index in [1.54, 1.807) is 0 Å². The minimum absolute atomic E-state index is 0.572. The van der Waals surface area contributed by atoms with Gasteiger partial charge >= 0.3 is 6.18 Å². The van der Waals surface area contributed by atoms with E-state index in [9.17, 15) is 17.6 Å². The molecular weight excluding hydrogens is 152 g/mol. The fourth-order valence-corrected chi connectivity index (χ4v) is 0.277. The highest BCUT2D eigenvalue weighted by Crippen LogP contribution is 2.20. The van der Waals surface area contributed by atoms with Crippen molar-refractivity contribution in [1.82, 2.24) is 0 Å². The van der Waals surface area contributed by atoms with Gasteiger partial charge in [-0.1, -0.05) is 0 Å². The van der Waals surface area contributed by atoms with Crippen LogP contribution in [0.25, 0.3) is 0 Å². The highest BCUT2D eigenvalue weighted by Gasteiger charge is 2.25. The van der Waals surface area contributed by atoms with Crippen molar-refractivity contribution in [3.8, 4) is 0 Å². The summed E-state index contributed by atoms with van der Waals surface area (Å²) in [6.45, 7) is 0.914. The first kappa shape index (κ1) is 9.42. The monoisotopic (exact) mass is 158 g/mol. The molecular formula is C5H6F4O. The van der Waals surface area contributed by atoms with Crippen LogP contribution in [-0.2, 0) is 0 Å². The molecule has 0 saturated heterocycles. The van der Waals surface area contributed by atoms with E-state index in [2.05, 4.69) is 0 Å². The van der Waals surface area contributed by atoms with Crippen molar-refractivity contribution < 1.29 is 22.7 Å². The van der Waals surface area contributed by atoms with Crippen LogP contribution in [0.1, 0.15) is 6.92 Å². The van der Waals surface area contributed by atoms with Gasteiger partial charge in [0.15, 0.2) is 0 Å². The molecule has 0 unspecified atom stereocenters. The lowest BCUT2D eigenvalue weighted by Crippen LogP contribution is -2.08. The Bertz CT molecular complexity index is 135. The van der Waals surface area contributed by atoms with Gasteiger partial charge in [-0.2, -0.15) is 13.2 Å². The SMILES string of the molecule is C[C@H](O)/C(F)=C/C(F)(F)F. The summed E-state index contributed by atoms with van der Waals surface area (Å²) in [7, 11) is 0. The molecule has 0 rings (SSSR count). The van der Waals surface area contributed by atoms with Crippen LogP contribution >= 0.6 is 0 Å². The maximum atomic E-state index is 11.9. The normalized spacial score (nSPS) is 17.2. The molecule has 1 N–H and O–H groups in total. The Morgan fingerprint density at radius 2 is 1.90 bits per heavy atom. The van der Waals surface area contributed by atoms with Gasteiger partial charge < -0.3 is 5.11 Å². The molecule has 0 aromatic heterocycles. The van der Waals surface area contributed by atoms with Crippen molar-refractivity contribution in [3.63, 3.8) is 0 Å². The number of hydrogen-bond donors (Lipinski definition) is 1. The minimum atomic E-state index is -4.69. The Morgan fingerprint density at radius 1 is 1.50 bits per heavy atom. The van der Waals surface area contributed by atoms with Crippen molar-refractivity contribution in [1.29, 1.82) is 0 Å². The number of hydrogen-bond acceptors (Lipinski definition) is 1. The molecule has 5 heteroatoms. The van der Waals surface area contributed by atoms with Crippen molar-refractivity contribution >= 4 is 0 Å². The summed E-state index contributed by atoms with van der Waals surface area (Å²) < 4.78 is 45.6.